The van der Waals surface area contributed by atoms with E-state index in [2.05, 4.69) is 9.97 Å². The molecule has 0 saturated carbocycles. The van der Waals surface area contributed by atoms with Gasteiger partial charge in [-0.3, -0.25) is 4.79 Å². The van der Waals surface area contributed by atoms with E-state index >= 15 is 0 Å². The number of aliphatic carboxylic acids is 1. The van der Waals surface area contributed by atoms with Gasteiger partial charge in [0.2, 0.25) is 0 Å². The van der Waals surface area contributed by atoms with Gasteiger partial charge in [-0.2, -0.15) is 0 Å². The lowest BCUT2D eigenvalue weighted by Gasteiger charge is -2.19. The molecule has 0 bridgehead atoms. The molecular weight excluding hydrogens is 238 g/mol. The molecule has 98 valence electrons. The molecule has 1 fully saturated rings. The van der Waals surface area contributed by atoms with Crippen molar-refractivity contribution >= 4 is 11.9 Å². The number of aromatic amines is 1. The summed E-state index contributed by atoms with van der Waals surface area (Å²) in [7, 11) is 1.64. The minimum absolute atomic E-state index is 0.213. The quantitative estimate of drug-likeness (QED) is 0.787. The van der Waals surface area contributed by atoms with E-state index in [-0.39, 0.29) is 5.91 Å². The van der Waals surface area contributed by atoms with E-state index in [0.29, 0.717) is 25.2 Å². The van der Waals surface area contributed by atoms with Crippen molar-refractivity contribution in [2.45, 2.75) is 31.6 Å². The summed E-state index contributed by atoms with van der Waals surface area (Å²) in [5.41, 5.74) is 0. The van der Waals surface area contributed by atoms with Crippen LogP contribution in [0.25, 0.3) is 0 Å². The van der Waals surface area contributed by atoms with Gasteiger partial charge >= 0.3 is 5.97 Å². The van der Waals surface area contributed by atoms with Crippen LogP contribution in [0.15, 0.2) is 12.4 Å². The first-order valence-corrected chi connectivity index (χ1v) is 5.69. The molecule has 0 radical (unpaired) electrons. The fraction of sp³-hybridized carbons (Fsp3) is 0.545. The van der Waals surface area contributed by atoms with Gasteiger partial charge in [0.15, 0.2) is 6.10 Å². The molecule has 2 rings (SSSR count). The lowest BCUT2D eigenvalue weighted by atomic mass is 10.2. The molecule has 2 unspecified atom stereocenters. The number of ether oxygens (including phenoxy) is 1. The van der Waals surface area contributed by atoms with Gasteiger partial charge in [-0.25, -0.2) is 9.78 Å². The van der Waals surface area contributed by atoms with Gasteiger partial charge in [-0.05, 0) is 12.8 Å². The molecule has 0 aromatic carbocycles. The average Bonchev–Trinajstić information content (AvgIpc) is 2.98. The Labute approximate surface area is 104 Å². The number of rotatable bonds is 4. The lowest BCUT2D eigenvalue weighted by Crippen LogP contribution is -2.37. The molecule has 2 heterocycles. The fourth-order valence-corrected chi connectivity index (χ4v) is 1.93. The standard InChI is InChI=1S/C11H15N3O4/c1-14(6-9-12-4-5-13-9)10(15)7-2-3-8(18-7)11(16)17/h4-5,7-8H,2-3,6H2,1H3,(H,12,13)(H,16,17). The third-order valence-electron chi connectivity index (χ3n) is 2.89. The van der Waals surface area contributed by atoms with E-state index in [0.717, 1.165) is 0 Å². The fourth-order valence-electron chi connectivity index (χ4n) is 1.93. The van der Waals surface area contributed by atoms with Gasteiger partial charge in [0.25, 0.3) is 5.91 Å². The summed E-state index contributed by atoms with van der Waals surface area (Å²) in [6, 6.07) is 0. The number of carbonyl (C=O) groups excluding carboxylic acids is 1. The van der Waals surface area contributed by atoms with Crippen LogP contribution in [0.4, 0.5) is 0 Å². The number of hydrogen-bond acceptors (Lipinski definition) is 4. The normalized spacial score (nSPS) is 22.9. The maximum Gasteiger partial charge on any atom is 0.332 e. The smallest absolute Gasteiger partial charge is 0.332 e. The molecule has 18 heavy (non-hydrogen) atoms. The zero-order valence-electron chi connectivity index (χ0n) is 10.00. The number of aromatic nitrogens is 2. The molecule has 0 spiro atoms. The van der Waals surface area contributed by atoms with Crippen molar-refractivity contribution in [3.05, 3.63) is 18.2 Å². The van der Waals surface area contributed by atoms with Crippen LogP contribution in [-0.4, -0.2) is 51.1 Å². The van der Waals surface area contributed by atoms with Crippen molar-refractivity contribution in [2.24, 2.45) is 0 Å². The number of carbonyl (C=O) groups is 2. The molecule has 0 aliphatic carbocycles. The number of carboxylic acids is 1. The van der Waals surface area contributed by atoms with Crippen molar-refractivity contribution in [1.29, 1.82) is 0 Å². The summed E-state index contributed by atoms with van der Waals surface area (Å²) >= 11 is 0. The number of nitrogens with one attached hydrogen (secondary N) is 1. The molecule has 1 aromatic rings. The van der Waals surface area contributed by atoms with Gasteiger partial charge in [0, 0.05) is 19.4 Å². The third-order valence-corrected chi connectivity index (χ3v) is 2.89. The highest BCUT2D eigenvalue weighted by atomic mass is 16.5. The van der Waals surface area contributed by atoms with Crippen LogP contribution in [0.5, 0.6) is 0 Å². The molecule has 7 nitrogen and oxygen atoms in total. The number of imidazole rings is 1. The van der Waals surface area contributed by atoms with Gasteiger partial charge in [0.1, 0.15) is 11.9 Å². The summed E-state index contributed by atoms with van der Waals surface area (Å²) in [5.74, 6) is -0.548. The van der Waals surface area contributed by atoms with Crippen LogP contribution < -0.4 is 0 Å². The van der Waals surface area contributed by atoms with Gasteiger partial charge in [-0.15, -0.1) is 0 Å². The van der Waals surface area contributed by atoms with Crippen LogP contribution in [0.2, 0.25) is 0 Å². The second-order valence-electron chi connectivity index (χ2n) is 4.26. The summed E-state index contributed by atoms with van der Waals surface area (Å²) in [6.07, 6.45) is 2.58. The van der Waals surface area contributed by atoms with E-state index in [1.165, 1.54) is 4.90 Å². The van der Waals surface area contributed by atoms with Gasteiger partial charge in [0.05, 0.1) is 6.54 Å². The largest absolute Gasteiger partial charge is 0.479 e. The Morgan fingerprint density at radius 1 is 1.56 bits per heavy atom. The topological polar surface area (TPSA) is 95.5 Å². The van der Waals surface area contributed by atoms with Crippen LogP contribution in [0.3, 0.4) is 0 Å². The van der Waals surface area contributed by atoms with E-state index in [1.54, 1.807) is 19.4 Å². The number of likely N-dealkylation sites (N-methyl/N-ethyl adjacent to an activating group) is 1. The summed E-state index contributed by atoms with van der Waals surface area (Å²) in [4.78, 5) is 31.1. The average molecular weight is 253 g/mol. The Balaban J connectivity index is 1.90. The van der Waals surface area contributed by atoms with Crippen LogP contribution in [-0.2, 0) is 20.9 Å². The molecule has 7 heteroatoms. The number of H-pyrrole nitrogens is 1. The predicted octanol–water partition coefficient (Wildman–Crippen LogP) is 0.000300. The highest BCUT2D eigenvalue weighted by molar-refractivity contribution is 5.82. The molecule has 1 aromatic heterocycles. The van der Waals surface area contributed by atoms with E-state index < -0.39 is 18.2 Å². The highest BCUT2D eigenvalue weighted by Crippen LogP contribution is 2.21. The first-order chi connectivity index (χ1) is 8.58. The minimum Gasteiger partial charge on any atom is -0.479 e. The van der Waals surface area contributed by atoms with E-state index in [9.17, 15) is 9.59 Å². The number of amides is 1. The molecule has 1 saturated heterocycles. The van der Waals surface area contributed by atoms with Crippen molar-refractivity contribution in [3.8, 4) is 0 Å². The van der Waals surface area contributed by atoms with Crippen LogP contribution in [0.1, 0.15) is 18.7 Å². The maximum atomic E-state index is 12.0. The van der Waals surface area contributed by atoms with Gasteiger partial charge in [-0.1, -0.05) is 0 Å². The van der Waals surface area contributed by atoms with Gasteiger partial charge < -0.3 is 19.7 Å². The molecule has 1 aliphatic rings. The van der Waals surface area contributed by atoms with E-state index in [4.69, 9.17) is 9.84 Å². The Bertz CT molecular complexity index is 432. The second-order valence-corrected chi connectivity index (χ2v) is 4.26. The monoisotopic (exact) mass is 253 g/mol. The Hall–Kier alpha value is -1.89. The first-order valence-electron chi connectivity index (χ1n) is 5.69. The molecule has 2 atom stereocenters. The van der Waals surface area contributed by atoms with E-state index in [1.807, 2.05) is 0 Å². The second kappa shape index (κ2) is 5.18. The van der Waals surface area contributed by atoms with Crippen LogP contribution in [0, 0.1) is 0 Å². The predicted molar refractivity (Wildman–Crippen MR) is 60.6 cm³/mol. The summed E-state index contributed by atoms with van der Waals surface area (Å²) in [5, 5.41) is 8.79. The Morgan fingerprint density at radius 2 is 2.28 bits per heavy atom. The highest BCUT2D eigenvalue weighted by Gasteiger charge is 2.36. The van der Waals surface area contributed by atoms with Crippen LogP contribution >= 0.6 is 0 Å². The zero-order chi connectivity index (χ0) is 13.1. The molecule has 2 N–H and O–H groups in total. The number of hydrogen-bond donors (Lipinski definition) is 2. The Kier molecular flexibility index (Phi) is 3.61. The summed E-state index contributed by atoms with van der Waals surface area (Å²) < 4.78 is 5.20. The molecular formula is C11H15N3O4. The maximum absolute atomic E-state index is 12.0. The Morgan fingerprint density at radius 3 is 2.83 bits per heavy atom. The number of carboxylic acid groups (broad SMARTS) is 1. The molecule has 1 amide bonds. The minimum atomic E-state index is -1.01. The summed E-state index contributed by atoms with van der Waals surface area (Å²) in [6.45, 7) is 0.351. The lowest BCUT2D eigenvalue weighted by molar-refractivity contribution is -0.154. The van der Waals surface area contributed by atoms with Crippen molar-refractivity contribution in [2.75, 3.05) is 7.05 Å². The van der Waals surface area contributed by atoms with Crippen molar-refractivity contribution in [1.82, 2.24) is 14.9 Å². The van der Waals surface area contributed by atoms with Crippen molar-refractivity contribution in [3.63, 3.8) is 0 Å². The SMILES string of the molecule is CN(Cc1ncc[nH]1)C(=O)C1CCC(C(=O)O)O1. The number of nitrogens with zero attached hydrogens (tertiary/aromatic N) is 2. The zero-order valence-corrected chi connectivity index (χ0v) is 10.00. The molecule has 1 aliphatic heterocycles. The third kappa shape index (κ3) is 2.67. The first kappa shape index (κ1) is 12.6. The van der Waals surface area contributed by atoms with Crippen molar-refractivity contribution < 1.29 is 19.4 Å².